The van der Waals surface area contributed by atoms with Crippen LogP contribution in [0.1, 0.15) is 41.0 Å². The standard InChI is InChI=1S/C18H16BrNO3/c1-18(2)10-15(21)12-9-11(7-8-16(12)23-18)17(22)20-14-6-4-3-5-13(14)19/h3-9H,10H2,1-2H3,(H,20,22). The molecule has 0 bridgehead atoms. The number of carbonyl (C=O) groups is 2. The predicted molar refractivity (Wildman–Crippen MR) is 92.2 cm³/mol. The number of hydrogen-bond acceptors (Lipinski definition) is 3. The molecule has 2 aromatic rings. The number of ketones is 1. The SMILES string of the molecule is CC1(C)CC(=O)c2cc(C(=O)Nc3ccccc3Br)ccc2O1. The summed E-state index contributed by atoms with van der Waals surface area (Å²) in [6, 6.07) is 12.3. The molecule has 0 fully saturated rings. The third kappa shape index (κ3) is 3.29. The van der Waals surface area contributed by atoms with Gasteiger partial charge in [0.1, 0.15) is 11.4 Å². The second-order valence-corrected chi connectivity index (χ2v) is 6.96. The van der Waals surface area contributed by atoms with Gasteiger partial charge in [0.15, 0.2) is 5.78 Å². The molecular formula is C18H16BrNO3. The number of Topliss-reactive ketones (excluding diaryl/α,β-unsaturated/α-hetero) is 1. The lowest BCUT2D eigenvalue weighted by atomic mass is 9.92. The van der Waals surface area contributed by atoms with Gasteiger partial charge in [-0.3, -0.25) is 9.59 Å². The van der Waals surface area contributed by atoms with Gasteiger partial charge in [-0.25, -0.2) is 0 Å². The number of ether oxygens (including phenoxy) is 1. The maximum Gasteiger partial charge on any atom is 0.255 e. The summed E-state index contributed by atoms with van der Waals surface area (Å²) < 4.78 is 6.60. The normalized spacial score (nSPS) is 15.5. The molecule has 1 heterocycles. The van der Waals surface area contributed by atoms with E-state index in [4.69, 9.17) is 4.74 Å². The molecule has 0 saturated carbocycles. The van der Waals surface area contributed by atoms with Gasteiger partial charge in [0.2, 0.25) is 0 Å². The lowest BCUT2D eigenvalue weighted by Gasteiger charge is -2.31. The van der Waals surface area contributed by atoms with Crippen molar-refractivity contribution in [2.24, 2.45) is 0 Å². The number of anilines is 1. The molecule has 1 aliphatic rings. The number of benzene rings is 2. The molecule has 1 N–H and O–H groups in total. The van der Waals surface area contributed by atoms with Crippen molar-refractivity contribution < 1.29 is 14.3 Å². The number of amides is 1. The Hall–Kier alpha value is -2.14. The van der Waals surface area contributed by atoms with Crippen LogP contribution in [0.2, 0.25) is 0 Å². The topological polar surface area (TPSA) is 55.4 Å². The molecule has 0 aromatic heterocycles. The van der Waals surface area contributed by atoms with Crippen molar-refractivity contribution in [1.29, 1.82) is 0 Å². The number of carbonyl (C=O) groups excluding carboxylic acids is 2. The van der Waals surface area contributed by atoms with Crippen LogP contribution in [-0.2, 0) is 0 Å². The van der Waals surface area contributed by atoms with Crippen LogP contribution in [0.5, 0.6) is 5.75 Å². The molecule has 3 rings (SSSR count). The van der Waals surface area contributed by atoms with E-state index >= 15 is 0 Å². The van der Waals surface area contributed by atoms with Crippen molar-refractivity contribution in [2.45, 2.75) is 25.9 Å². The molecule has 1 amide bonds. The summed E-state index contributed by atoms with van der Waals surface area (Å²) >= 11 is 3.39. The minimum atomic E-state index is -0.511. The molecular weight excluding hydrogens is 358 g/mol. The molecule has 0 unspecified atom stereocenters. The fourth-order valence-electron chi connectivity index (χ4n) is 2.55. The molecule has 0 atom stereocenters. The number of halogens is 1. The lowest BCUT2D eigenvalue weighted by molar-refractivity contribution is 0.0620. The number of rotatable bonds is 2. The minimum Gasteiger partial charge on any atom is -0.487 e. The second kappa shape index (κ2) is 5.81. The largest absolute Gasteiger partial charge is 0.487 e. The summed E-state index contributed by atoms with van der Waals surface area (Å²) in [6.45, 7) is 3.75. The third-order valence-electron chi connectivity index (χ3n) is 3.64. The number of para-hydroxylation sites is 1. The highest BCUT2D eigenvalue weighted by atomic mass is 79.9. The molecule has 118 valence electrons. The average molecular weight is 374 g/mol. The molecule has 4 nitrogen and oxygen atoms in total. The quantitative estimate of drug-likeness (QED) is 0.845. The van der Waals surface area contributed by atoms with E-state index < -0.39 is 5.60 Å². The molecule has 23 heavy (non-hydrogen) atoms. The Kier molecular flexibility index (Phi) is 3.98. The zero-order chi connectivity index (χ0) is 16.6. The van der Waals surface area contributed by atoms with E-state index in [9.17, 15) is 9.59 Å². The number of nitrogens with one attached hydrogen (secondary N) is 1. The predicted octanol–water partition coefficient (Wildman–Crippen LogP) is 4.45. The first kappa shape index (κ1) is 15.7. The maximum absolute atomic E-state index is 12.4. The van der Waals surface area contributed by atoms with Gasteiger partial charge in [-0.15, -0.1) is 0 Å². The van der Waals surface area contributed by atoms with Crippen LogP contribution in [0.15, 0.2) is 46.9 Å². The first-order valence-corrected chi connectivity index (χ1v) is 8.07. The van der Waals surface area contributed by atoms with E-state index in [0.717, 1.165) is 4.47 Å². The second-order valence-electron chi connectivity index (χ2n) is 6.11. The third-order valence-corrected chi connectivity index (χ3v) is 4.33. The Balaban J connectivity index is 1.88. The van der Waals surface area contributed by atoms with Gasteiger partial charge in [0.25, 0.3) is 5.91 Å². The van der Waals surface area contributed by atoms with Crippen LogP contribution in [0.25, 0.3) is 0 Å². The Bertz CT molecular complexity index is 799. The van der Waals surface area contributed by atoms with Gasteiger partial charge >= 0.3 is 0 Å². The van der Waals surface area contributed by atoms with Crippen molar-refractivity contribution in [3.05, 3.63) is 58.1 Å². The Morgan fingerprint density at radius 3 is 2.70 bits per heavy atom. The van der Waals surface area contributed by atoms with Crippen LogP contribution in [-0.4, -0.2) is 17.3 Å². The summed E-state index contributed by atoms with van der Waals surface area (Å²) in [6.07, 6.45) is 0.301. The molecule has 0 aliphatic carbocycles. The van der Waals surface area contributed by atoms with Gasteiger partial charge in [0.05, 0.1) is 17.7 Å². The van der Waals surface area contributed by atoms with E-state index in [0.29, 0.717) is 29.0 Å². The van der Waals surface area contributed by atoms with E-state index in [1.165, 1.54) is 0 Å². The highest BCUT2D eigenvalue weighted by Crippen LogP contribution is 2.33. The van der Waals surface area contributed by atoms with Gasteiger partial charge in [0, 0.05) is 10.0 Å². The van der Waals surface area contributed by atoms with Crippen LogP contribution < -0.4 is 10.1 Å². The number of fused-ring (bicyclic) bond motifs is 1. The van der Waals surface area contributed by atoms with Crippen LogP contribution >= 0.6 is 15.9 Å². The van der Waals surface area contributed by atoms with E-state index in [1.807, 2.05) is 32.0 Å². The van der Waals surface area contributed by atoms with Gasteiger partial charge in [-0.1, -0.05) is 12.1 Å². The fourth-order valence-corrected chi connectivity index (χ4v) is 2.93. The van der Waals surface area contributed by atoms with Crippen molar-refractivity contribution in [1.82, 2.24) is 0 Å². The molecule has 0 spiro atoms. The van der Waals surface area contributed by atoms with Gasteiger partial charge in [-0.2, -0.15) is 0 Å². The van der Waals surface area contributed by atoms with Crippen molar-refractivity contribution in [3.63, 3.8) is 0 Å². The first-order valence-electron chi connectivity index (χ1n) is 7.28. The molecule has 0 saturated heterocycles. The lowest BCUT2D eigenvalue weighted by Crippen LogP contribution is -2.36. The molecule has 5 heteroatoms. The highest BCUT2D eigenvalue weighted by Gasteiger charge is 2.32. The maximum atomic E-state index is 12.4. The first-order chi connectivity index (χ1) is 10.9. The van der Waals surface area contributed by atoms with Gasteiger partial charge < -0.3 is 10.1 Å². The van der Waals surface area contributed by atoms with Crippen LogP contribution in [0, 0.1) is 0 Å². The Morgan fingerprint density at radius 2 is 1.96 bits per heavy atom. The fraction of sp³-hybridized carbons (Fsp3) is 0.222. The zero-order valence-corrected chi connectivity index (χ0v) is 14.4. The number of hydrogen-bond donors (Lipinski definition) is 1. The summed E-state index contributed by atoms with van der Waals surface area (Å²) in [5.74, 6) is 0.257. The molecule has 0 radical (unpaired) electrons. The summed E-state index contributed by atoms with van der Waals surface area (Å²) in [5, 5.41) is 2.83. The monoisotopic (exact) mass is 373 g/mol. The summed E-state index contributed by atoms with van der Waals surface area (Å²) in [5.41, 5.74) is 1.06. The average Bonchev–Trinajstić information content (AvgIpc) is 2.48. The van der Waals surface area contributed by atoms with Crippen molar-refractivity contribution >= 4 is 33.3 Å². The van der Waals surface area contributed by atoms with Crippen LogP contribution in [0.3, 0.4) is 0 Å². The van der Waals surface area contributed by atoms with E-state index in [2.05, 4.69) is 21.2 Å². The van der Waals surface area contributed by atoms with Gasteiger partial charge in [-0.05, 0) is 60.1 Å². The minimum absolute atomic E-state index is 0.00760. The van der Waals surface area contributed by atoms with E-state index in [-0.39, 0.29) is 11.7 Å². The highest BCUT2D eigenvalue weighted by molar-refractivity contribution is 9.10. The van der Waals surface area contributed by atoms with Crippen LogP contribution in [0.4, 0.5) is 5.69 Å². The van der Waals surface area contributed by atoms with Crippen molar-refractivity contribution in [3.8, 4) is 5.75 Å². The molecule has 1 aliphatic heterocycles. The Labute approximate surface area is 143 Å². The Morgan fingerprint density at radius 1 is 1.22 bits per heavy atom. The smallest absolute Gasteiger partial charge is 0.255 e. The van der Waals surface area contributed by atoms with Crippen molar-refractivity contribution in [2.75, 3.05) is 5.32 Å². The summed E-state index contributed by atoms with van der Waals surface area (Å²) in [7, 11) is 0. The summed E-state index contributed by atoms with van der Waals surface area (Å²) in [4.78, 5) is 24.7. The van der Waals surface area contributed by atoms with E-state index in [1.54, 1.807) is 24.3 Å². The zero-order valence-electron chi connectivity index (χ0n) is 12.9. The molecule has 2 aromatic carbocycles.